The van der Waals surface area contributed by atoms with Crippen molar-refractivity contribution in [1.82, 2.24) is 20.4 Å². The van der Waals surface area contributed by atoms with Crippen LogP contribution in [-0.2, 0) is 6.54 Å². The van der Waals surface area contributed by atoms with Gasteiger partial charge in [0.15, 0.2) is 0 Å². The zero-order valence-corrected chi connectivity index (χ0v) is 12.9. The third-order valence-corrected chi connectivity index (χ3v) is 4.11. The van der Waals surface area contributed by atoms with Crippen LogP contribution in [0.2, 0.25) is 0 Å². The Morgan fingerprint density at radius 2 is 2.05 bits per heavy atom. The average molecular weight is 337 g/mol. The van der Waals surface area contributed by atoms with Crippen molar-refractivity contribution in [2.24, 2.45) is 0 Å². The number of hydrogen-bond donors (Lipinski definition) is 1. The Hall–Kier alpha value is -1.24. The van der Waals surface area contributed by atoms with Gasteiger partial charge in [0.05, 0.1) is 6.54 Å². The highest BCUT2D eigenvalue weighted by Crippen LogP contribution is 2.21. The van der Waals surface area contributed by atoms with Gasteiger partial charge in [0.2, 0.25) is 11.8 Å². The van der Waals surface area contributed by atoms with Gasteiger partial charge in [0.25, 0.3) is 0 Å². The van der Waals surface area contributed by atoms with E-state index in [2.05, 4.69) is 43.3 Å². The number of halogens is 1. The summed E-state index contributed by atoms with van der Waals surface area (Å²) in [6.07, 6.45) is 0. The van der Waals surface area contributed by atoms with Crippen LogP contribution >= 0.6 is 15.9 Å². The highest BCUT2D eigenvalue weighted by Gasteiger charge is 2.24. The first kappa shape index (κ1) is 13.7. The van der Waals surface area contributed by atoms with Crippen LogP contribution in [-0.4, -0.2) is 40.8 Å². The lowest BCUT2D eigenvalue weighted by atomic mass is 10.1. The fraction of sp³-hybridized carbons (Fsp3) is 0.429. The molecule has 0 aliphatic carbocycles. The number of benzene rings is 1. The van der Waals surface area contributed by atoms with Gasteiger partial charge in [-0.05, 0) is 30.8 Å². The fourth-order valence-corrected chi connectivity index (χ4v) is 2.50. The molecule has 1 aliphatic heterocycles. The predicted molar refractivity (Wildman–Crippen MR) is 80.2 cm³/mol. The summed E-state index contributed by atoms with van der Waals surface area (Å²) >= 11 is 3.42. The summed E-state index contributed by atoms with van der Waals surface area (Å²) in [6.45, 7) is 5.95. The summed E-state index contributed by atoms with van der Waals surface area (Å²) in [6, 6.07) is 8.46. The number of hydrogen-bond acceptors (Lipinski definition) is 5. The number of nitrogens with zero attached hydrogens (tertiary/aromatic N) is 3. The van der Waals surface area contributed by atoms with E-state index >= 15 is 0 Å². The van der Waals surface area contributed by atoms with Crippen LogP contribution in [0.4, 0.5) is 0 Å². The quantitative estimate of drug-likeness (QED) is 0.907. The van der Waals surface area contributed by atoms with Crippen LogP contribution in [0, 0.1) is 0 Å². The van der Waals surface area contributed by atoms with Crippen LogP contribution in [0.1, 0.15) is 12.8 Å². The Morgan fingerprint density at radius 1 is 1.30 bits per heavy atom. The van der Waals surface area contributed by atoms with E-state index in [-0.39, 0.29) is 0 Å². The van der Waals surface area contributed by atoms with E-state index < -0.39 is 0 Å². The van der Waals surface area contributed by atoms with Crippen molar-refractivity contribution in [3.8, 4) is 11.5 Å². The Labute approximate surface area is 126 Å². The molecule has 3 rings (SSSR count). The zero-order valence-electron chi connectivity index (χ0n) is 11.3. The maximum absolute atomic E-state index is 5.76. The maximum atomic E-state index is 5.76. The van der Waals surface area contributed by atoms with Gasteiger partial charge in [0, 0.05) is 29.2 Å². The molecule has 1 saturated heterocycles. The van der Waals surface area contributed by atoms with Gasteiger partial charge < -0.3 is 9.73 Å². The molecule has 0 bridgehead atoms. The first-order valence-electron chi connectivity index (χ1n) is 6.79. The topological polar surface area (TPSA) is 54.2 Å². The fourth-order valence-electron chi connectivity index (χ4n) is 2.23. The molecular formula is C14H17BrN4O. The standard InChI is InChI=1S/C14H17BrN4O/c1-2-19(12-7-16-8-12)9-13-17-18-14(20-13)10-3-5-11(15)6-4-10/h3-6,12,16H,2,7-9H2,1H3. The van der Waals surface area contributed by atoms with Gasteiger partial charge in [-0.1, -0.05) is 22.9 Å². The second-order valence-electron chi connectivity index (χ2n) is 4.88. The van der Waals surface area contributed by atoms with Gasteiger partial charge in [-0.3, -0.25) is 4.90 Å². The molecule has 106 valence electrons. The lowest BCUT2D eigenvalue weighted by Crippen LogP contribution is -2.56. The molecule has 0 radical (unpaired) electrons. The first-order chi connectivity index (χ1) is 9.76. The number of nitrogens with one attached hydrogen (secondary N) is 1. The summed E-state index contributed by atoms with van der Waals surface area (Å²) < 4.78 is 6.80. The molecule has 1 fully saturated rings. The normalized spacial score (nSPS) is 15.6. The van der Waals surface area contributed by atoms with Crippen molar-refractivity contribution in [2.75, 3.05) is 19.6 Å². The van der Waals surface area contributed by atoms with Crippen molar-refractivity contribution < 1.29 is 4.42 Å². The third kappa shape index (κ3) is 2.92. The molecule has 0 atom stereocenters. The summed E-state index contributed by atoms with van der Waals surface area (Å²) in [5, 5.41) is 11.6. The van der Waals surface area contributed by atoms with E-state index in [1.54, 1.807) is 0 Å². The summed E-state index contributed by atoms with van der Waals surface area (Å²) in [7, 11) is 0. The van der Waals surface area contributed by atoms with Crippen LogP contribution in [0.25, 0.3) is 11.5 Å². The number of aromatic nitrogens is 2. The van der Waals surface area contributed by atoms with E-state index in [1.165, 1.54) is 0 Å². The molecule has 0 spiro atoms. The van der Waals surface area contributed by atoms with Crippen molar-refractivity contribution in [2.45, 2.75) is 19.5 Å². The Morgan fingerprint density at radius 3 is 2.65 bits per heavy atom. The second kappa shape index (κ2) is 6.03. The van der Waals surface area contributed by atoms with Gasteiger partial charge in [-0.2, -0.15) is 0 Å². The zero-order chi connectivity index (χ0) is 13.9. The molecule has 0 unspecified atom stereocenters. The predicted octanol–water partition coefficient (Wildman–Crippen LogP) is 2.29. The van der Waals surface area contributed by atoms with Crippen LogP contribution < -0.4 is 5.32 Å². The lowest BCUT2D eigenvalue weighted by Gasteiger charge is -2.36. The minimum Gasteiger partial charge on any atom is -0.419 e. The van der Waals surface area contributed by atoms with Gasteiger partial charge >= 0.3 is 0 Å². The molecule has 2 heterocycles. The molecule has 20 heavy (non-hydrogen) atoms. The van der Waals surface area contributed by atoms with E-state index in [9.17, 15) is 0 Å². The van der Waals surface area contributed by atoms with E-state index in [0.29, 0.717) is 24.4 Å². The highest BCUT2D eigenvalue weighted by molar-refractivity contribution is 9.10. The Balaban J connectivity index is 1.71. The van der Waals surface area contributed by atoms with E-state index in [0.717, 1.165) is 29.7 Å². The summed E-state index contributed by atoms with van der Waals surface area (Å²) in [4.78, 5) is 2.36. The minimum absolute atomic E-state index is 0.579. The third-order valence-electron chi connectivity index (χ3n) is 3.58. The molecule has 1 aliphatic rings. The largest absolute Gasteiger partial charge is 0.419 e. The van der Waals surface area contributed by atoms with Gasteiger partial charge in [-0.25, -0.2) is 0 Å². The van der Waals surface area contributed by atoms with Crippen molar-refractivity contribution in [3.63, 3.8) is 0 Å². The summed E-state index contributed by atoms with van der Waals surface area (Å²) in [5.41, 5.74) is 0.945. The van der Waals surface area contributed by atoms with E-state index in [1.807, 2.05) is 24.3 Å². The monoisotopic (exact) mass is 336 g/mol. The molecule has 1 aromatic heterocycles. The van der Waals surface area contributed by atoms with Crippen molar-refractivity contribution in [1.29, 1.82) is 0 Å². The molecule has 2 aromatic rings. The maximum Gasteiger partial charge on any atom is 0.247 e. The molecule has 1 aromatic carbocycles. The van der Waals surface area contributed by atoms with Crippen LogP contribution in [0.15, 0.2) is 33.2 Å². The Bertz CT molecular complexity index is 565. The van der Waals surface area contributed by atoms with Gasteiger partial charge in [0.1, 0.15) is 0 Å². The second-order valence-corrected chi connectivity index (χ2v) is 5.80. The SMILES string of the molecule is CCN(Cc1nnc(-c2ccc(Br)cc2)o1)C1CNC1. The molecule has 0 saturated carbocycles. The molecule has 6 heteroatoms. The molecule has 0 amide bonds. The number of rotatable bonds is 5. The van der Waals surface area contributed by atoms with Crippen molar-refractivity contribution >= 4 is 15.9 Å². The van der Waals surface area contributed by atoms with Crippen LogP contribution in [0.5, 0.6) is 0 Å². The average Bonchev–Trinajstić information content (AvgIpc) is 2.85. The first-order valence-corrected chi connectivity index (χ1v) is 7.58. The minimum atomic E-state index is 0.579. The molecule has 5 nitrogen and oxygen atoms in total. The van der Waals surface area contributed by atoms with Crippen molar-refractivity contribution in [3.05, 3.63) is 34.6 Å². The highest BCUT2D eigenvalue weighted by atomic mass is 79.9. The smallest absolute Gasteiger partial charge is 0.247 e. The van der Waals surface area contributed by atoms with Gasteiger partial charge in [-0.15, -0.1) is 10.2 Å². The number of likely N-dealkylation sites (N-methyl/N-ethyl adjacent to an activating group) is 1. The molecule has 1 N–H and O–H groups in total. The Kier molecular flexibility index (Phi) is 4.14. The lowest BCUT2D eigenvalue weighted by molar-refractivity contribution is 0.133. The molecular weight excluding hydrogens is 320 g/mol. The van der Waals surface area contributed by atoms with Crippen LogP contribution in [0.3, 0.4) is 0 Å². The van der Waals surface area contributed by atoms with E-state index in [4.69, 9.17) is 4.42 Å². The summed E-state index contributed by atoms with van der Waals surface area (Å²) in [5.74, 6) is 1.26.